The number of phenolic OH excluding ortho intramolecular Hbond substituents is 1. The summed E-state index contributed by atoms with van der Waals surface area (Å²) in [6.45, 7) is 7.28. The van der Waals surface area contributed by atoms with Gasteiger partial charge in [-0.25, -0.2) is 9.38 Å². The smallest absolute Gasteiger partial charge is 0.194 e. The van der Waals surface area contributed by atoms with E-state index in [9.17, 15) is 9.50 Å². The number of halogens is 2. The molecule has 2 aromatic carbocycles. The number of rotatable bonds is 4. The Hall–Kier alpha value is -1.87. The van der Waals surface area contributed by atoms with Gasteiger partial charge in [0, 0.05) is 13.1 Å². The number of aryl methyl sites for hydroxylation is 1. The lowest BCUT2D eigenvalue weighted by Crippen LogP contribution is -2.48. The summed E-state index contributed by atoms with van der Waals surface area (Å²) in [7, 11) is 0. The summed E-state index contributed by atoms with van der Waals surface area (Å²) in [5, 5.41) is 12.6. The second kappa shape index (κ2) is 10.6. The molecule has 2 aromatic rings. The van der Waals surface area contributed by atoms with Crippen LogP contribution in [0.4, 0.5) is 4.39 Å². The summed E-state index contributed by atoms with van der Waals surface area (Å²) in [5.74, 6) is -0.185. The SMILES string of the molecule is CCNC(=NCc1ccc(O)c(F)c1)N1CCOC(c2ccccc2C)C1.I. The highest BCUT2D eigenvalue weighted by Crippen LogP contribution is 2.25. The summed E-state index contributed by atoms with van der Waals surface area (Å²) < 4.78 is 19.5. The lowest BCUT2D eigenvalue weighted by molar-refractivity contribution is -0.00834. The number of hydrogen-bond donors (Lipinski definition) is 2. The van der Waals surface area contributed by atoms with Gasteiger partial charge >= 0.3 is 0 Å². The van der Waals surface area contributed by atoms with Crippen LogP contribution >= 0.6 is 24.0 Å². The molecule has 0 bridgehead atoms. The van der Waals surface area contributed by atoms with Crippen LogP contribution in [0, 0.1) is 12.7 Å². The maximum atomic E-state index is 13.5. The molecule has 0 saturated carbocycles. The fraction of sp³-hybridized carbons (Fsp3) is 0.381. The Kier molecular flexibility index (Phi) is 8.50. The van der Waals surface area contributed by atoms with E-state index in [4.69, 9.17) is 4.74 Å². The average Bonchev–Trinajstić information content (AvgIpc) is 2.68. The molecule has 1 aliphatic heterocycles. The monoisotopic (exact) mass is 499 g/mol. The maximum Gasteiger partial charge on any atom is 0.194 e. The van der Waals surface area contributed by atoms with Gasteiger partial charge < -0.3 is 20.1 Å². The van der Waals surface area contributed by atoms with E-state index in [1.165, 1.54) is 23.3 Å². The molecule has 3 rings (SSSR count). The highest BCUT2D eigenvalue weighted by atomic mass is 127. The zero-order valence-electron chi connectivity index (χ0n) is 16.2. The number of hydrogen-bond acceptors (Lipinski definition) is 3. The molecule has 0 radical (unpaired) electrons. The van der Waals surface area contributed by atoms with Crippen molar-refractivity contribution in [3.05, 3.63) is 65.0 Å². The van der Waals surface area contributed by atoms with Gasteiger partial charge in [-0.1, -0.05) is 30.3 Å². The normalized spacial score (nSPS) is 17.2. The van der Waals surface area contributed by atoms with Crippen molar-refractivity contribution in [2.45, 2.75) is 26.5 Å². The van der Waals surface area contributed by atoms with Gasteiger partial charge in [0.15, 0.2) is 17.5 Å². The highest BCUT2D eigenvalue weighted by Gasteiger charge is 2.25. The van der Waals surface area contributed by atoms with E-state index in [0.29, 0.717) is 25.3 Å². The van der Waals surface area contributed by atoms with Crippen molar-refractivity contribution in [2.24, 2.45) is 4.99 Å². The molecular weight excluding hydrogens is 472 g/mol. The van der Waals surface area contributed by atoms with Gasteiger partial charge in [0.05, 0.1) is 19.7 Å². The predicted molar refractivity (Wildman–Crippen MR) is 120 cm³/mol. The number of benzene rings is 2. The van der Waals surface area contributed by atoms with Gasteiger partial charge in [-0.15, -0.1) is 24.0 Å². The molecule has 2 N–H and O–H groups in total. The number of ether oxygens (including phenoxy) is 1. The van der Waals surface area contributed by atoms with Crippen LogP contribution in [0.25, 0.3) is 0 Å². The predicted octanol–water partition coefficient (Wildman–Crippen LogP) is 4.00. The van der Waals surface area contributed by atoms with Gasteiger partial charge in [-0.2, -0.15) is 0 Å². The summed E-state index contributed by atoms with van der Waals surface area (Å²) >= 11 is 0. The van der Waals surface area contributed by atoms with Gasteiger partial charge in [-0.3, -0.25) is 0 Å². The first-order chi connectivity index (χ1) is 13.1. The van der Waals surface area contributed by atoms with Crippen LogP contribution < -0.4 is 5.32 Å². The largest absolute Gasteiger partial charge is 0.505 e. The van der Waals surface area contributed by atoms with Crippen molar-refractivity contribution in [3.63, 3.8) is 0 Å². The number of aromatic hydroxyl groups is 1. The van der Waals surface area contributed by atoms with Crippen LogP contribution in [0.15, 0.2) is 47.5 Å². The second-order valence-electron chi connectivity index (χ2n) is 6.62. The molecule has 28 heavy (non-hydrogen) atoms. The first kappa shape index (κ1) is 22.4. The lowest BCUT2D eigenvalue weighted by atomic mass is 10.0. The van der Waals surface area contributed by atoms with Gasteiger partial charge in [0.25, 0.3) is 0 Å². The minimum absolute atomic E-state index is 0. The molecule has 1 unspecified atom stereocenters. The second-order valence-corrected chi connectivity index (χ2v) is 6.62. The zero-order valence-corrected chi connectivity index (χ0v) is 18.5. The molecule has 0 aliphatic carbocycles. The van der Waals surface area contributed by atoms with Crippen LogP contribution in [0.2, 0.25) is 0 Å². The number of aliphatic imine (C=N–C) groups is 1. The third-order valence-electron chi connectivity index (χ3n) is 4.66. The molecule has 5 nitrogen and oxygen atoms in total. The van der Waals surface area contributed by atoms with Crippen LogP contribution in [0.1, 0.15) is 29.7 Å². The molecule has 0 spiro atoms. The fourth-order valence-electron chi connectivity index (χ4n) is 3.22. The number of morpholine rings is 1. The fourth-order valence-corrected chi connectivity index (χ4v) is 3.22. The van der Waals surface area contributed by atoms with E-state index < -0.39 is 5.82 Å². The van der Waals surface area contributed by atoms with E-state index in [1.54, 1.807) is 6.07 Å². The topological polar surface area (TPSA) is 57.1 Å². The van der Waals surface area contributed by atoms with Gasteiger partial charge in [-0.05, 0) is 42.7 Å². The lowest BCUT2D eigenvalue weighted by Gasteiger charge is -2.35. The molecule has 1 fully saturated rings. The number of nitrogens with one attached hydrogen (secondary N) is 1. The Morgan fingerprint density at radius 1 is 1.32 bits per heavy atom. The molecule has 7 heteroatoms. The summed E-state index contributed by atoms with van der Waals surface area (Å²) in [6.07, 6.45) is -0.00470. The van der Waals surface area contributed by atoms with Crippen molar-refractivity contribution >= 4 is 29.9 Å². The van der Waals surface area contributed by atoms with Crippen molar-refractivity contribution < 1.29 is 14.2 Å². The van der Waals surface area contributed by atoms with Crippen LogP contribution in [0.5, 0.6) is 5.75 Å². The Balaban J connectivity index is 0.00000280. The third-order valence-corrected chi connectivity index (χ3v) is 4.66. The summed E-state index contributed by atoms with van der Waals surface area (Å²) in [4.78, 5) is 6.84. The van der Waals surface area contributed by atoms with Crippen molar-refractivity contribution in [1.82, 2.24) is 10.2 Å². The standard InChI is InChI=1S/C21H26FN3O2.HI/c1-3-23-21(24-13-16-8-9-19(26)18(22)12-16)25-10-11-27-20(14-25)17-7-5-4-6-15(17)2;/h4-9,12,20,26H,3,10-11,13-14H2,1-2H3,(H,23,24);1H. The quantitative estimate of drug-likeness (QED) is 0.380. The molecule has 1 atom stereocenters. The van der Waals surface area contributed by atoms with E-state index in [0.717, 1.165) is 19.0 Å². The maximum absolute atomic E-state index is 13.5. The minimum Gasteiger partial charge on any atom is -0.505 e. The molecule has 0 amide bonds. The minimum atomic E-state index is -0.626. The Morgan fingerprint density at radius 2 is 2.11 bits per heavy atom. The van der Waals surface area contributed by atoms with E-state index >= 15 is 0 Å². The van der Waals surface area contributed by atoms with E-state index in [-0.39, 0.29) is 35.8 Å². The van der Waals surface area contributed by atoms with Crippen molar-refractivity contribution in [2.75, 3.05) is 26.2 Å². The number of guanidine groups is 1. The zero-order chi connectivity index (χ0) is 19.2. The third kappa shape index (κ3) is 5.57. The van der Waals surface area contributed by atoms with Crippen molar-refractivity contribution in [3.8, 4) is 5.75 Å². The summed E-state index contributed by atoms with van der Waals surface area (Å²) in [5.41, 5.74) is 3.12. The molecular formula is C21H27FIN3O2. The number of nitrogens with zero attached hydrogens (tertiary/aromatic N) is 2. The van der Waals surface area contributed by atoms with Crippen LogP contribution in [0.3, 0.4) is 0 Å². The molecule has 0 aromatic heterocycles. The molecule has 1 saturated heterocycles. The van der Waals surface area contributed by atoms with Gasteiger partial charge in [0.2, 0.25) is 0 Å². The van der Waals surface area contributed by atoms with Crippen molar-refractivity contribution in [1.29, 1.82) is 0 Å². The highest BCUT2D eigenvalue weighted by molar-refractivity contribution is 14.0. The van der Waals surface area contributed by atoms with E-state index in [1.807, 2.05) is 19.1 Å². The molecule has 1 heterocycles. The Morgan fingerprint density at radius 3 is 2.82 bits per heavy atom. The first-order valence-electron chi connectivity index (χ1n) is 9.26. The van der Waals surface area contributed by atoms with E-state index in [2.05, 4.69) is 34.3 Å². The average molecular weight is 499 g/mol. The van der Waals surface area contributed by atoms with Crippen LogP contribution in [-0.2, 0) is 11.3 Å². The Bertz CT molecular complexity index is 816. The van der Waals surface area contributed by atoms with Crippen LogP contribution in [-0.4, -0.2) is 42.2 Å². The van der Waals surface area contributed by atoms with Gasteiger partial charge in [0.1, 0.15) is 6.10 Å². The first-order valence-corrected chi connectivity index (χ1v) is 9.26. The Labute approximate surface area is 182 Å². The number of phenols is 1. The molecule has 1 aliphatic rings. The summed E-state index contributed by atoms with van der Waals surface area (Å²) in [6, 6.07) is 12.6. The molecule has 152 valence electrons.